The van der Waals surface area contributed by atoms with Crippen molar-refractivity contribution in [1.82, 2.24) is 19.6 Å². The molecule has 6 unspecified atom stereocenters. The molecule has 28 nitrogen and oxygen atoms in total. The summed E-state index contributed by atoms with van der Waals surface area (Å²) in [6.45, 7) is 25.7. The van der Waals surface area contributed by atoms with Crippen LogP contribution in [0.15, 0.2) is 0 Å². The van der Waals surface area contributed by atoms with Gasteiger partial charge in [0.05, 0.1) is 74.0 Å². The average Bonchev–Trinajstić information content (AvgIpc) is 0.955. The zero-order chi connectivity index (χ0) is 108. The van der Waals surface area contributed by atoms with Crippen LogP contribution in [0.2, 0.25) is 0 Å². The van der Waals surface area contributed by atoms with Crippen molar-refractivity contribution >= 4 is 142 Å². The minimum atomic E-state index is -0.516. The Morgan fingerprint density at radius 1 is 0.177 bits per heavy atom. The monoisotopic (exact) mass is 2200 g/mol. The molecule has 0 saturated heterocycles. The van der Waals surface area contributed by atoms with Crippen LogP contribution in [0.3, 0.4) is 0 Å². The van der Waals surface area contributed by atoms with Crippen molar-refractivity contribution in [3.8, 4) is 0 Å². The summed E-state index contributed by atoms with van der Waals surface area (Å²) in [5, 5.41) is 0. The highest BCUT2D eigenvalue weighted by molar-refractivity contribution is 8.00. The number of ether oxygens (including phenoxy) is 12. The quantitative estimate of drug-likeness (QED) is 0.0310. The van der Waals surface area contributed by atoms with Crippen molar-refractivity contribution in [2.45, 2.75) is 384 Å². The highest BCUT2D eigenvalue weighted by Crippen LogP contribution is 2.23. The van der Waals surface area contributed by atoms with Gasteiger partial charge in [-0.2, -0.15) is 70.6 Å². The number of esters is 12. The Morgan fingerprint density at radius 3 is 0.524 bits per heavy atom. The van der Waals surface area contributed by atoms with Gasteiger partial charge in [0.1, 0.15) is 79.3 Å². The Labute approximate surface area is 917 Å². The molecule has 860 valence electrons. The molecular weight excluding hydrogens is 1990 g/mol. The highest BCUT2D eigenvalue weighted by atomic mass is 32.2. The third-order valence-electron chi connectivity index (χ3n) is 25.3. The molecule has 0 aromatic rings. The standard InChI is InChI=1S/C113H208N4O24S6/c1-13-18-22-26-30-34-38-42-46-50-84-142-90-96(6)108(124)136-78-74-132-104(120)57-66-116(67-58-105(121)133-75-79-137-109(125)97(7)91-143-85-51-47-43-39-35-31-27-23-19-14-2)70-88-146-94-100(10)112(128)140-82-72-130-102(118)55-64-115(63-54-62-114(12)61-17-5)65-56-103(119)131-73-83-141-113(129)101(11)95-147-89-71-117(68-59-106(122)134-76-80-138-110(126)98(8)92-144-86-52-48-44-40-36-32-28-24-20-15-3)69-60-107(123)135-77-81-139-111(127)99(9)93-145-87-53-49-45-41-37-33-29-25-21-16-4/h96-101H,13-95H2,1-12H3. The van der Waals surface area contributed by atoms with E-state index in [9.17, 15) is 57.5 Å². The Morgan fingerprint density at radius 2 is 0.340 bits per heavy atom. The SMILES string of the molecule is CCCCCCCCCCCCSCC(C)C(=O)OCCOC(=O)CCN(CCSCC(C)C(=O)OCCOC(=O)CCN(CCCN(C)CCC)CCC(=O)OCCOC(=O)C(C)CSCCN(CCC(=O)OCCOC(=O)C(C)CSCCCCCCCCCCCC)CCC(=O)OCCOC(=O)C(C)CSCCCCCCCCCCCC)CCC(=O)OCCOC(=O)C(C)CSCCCCCCCCCCCC. The fraction of sp³-hybridized carbons (Fsp3) is 0.894. The summed E-state index contributed by atoms with van der Waals surface area (Å²) >= 11 is 10.0. The van der Waals surface area contributed by atoms with Gasteiger partial charge in [0, 0.05) is 98.4 Å². The molecule has 0 N–H and O–H groups in total. The van der Waals surface area contributed by atoms with Gasteiger partial charge in [0.15, 0.2) is 0 Å². The molecule has 34 heteroatoms. The van der Waals surface area contributed by atoms with Gasteiger partial charge in [0.25, 0.3) is 0 Å². The van der Waals surface area contributed by atoms with Crippen LogP contribution in [-0.2, 0) is 114 Å². The van der Waals surface area contributed by atoms with E-state index < -0.39 is 59.6 Å². The molecule has 0 aromatic heterocycles. The largest absolute Gasteiger partial charge is 0.462 e. The Bertz CT molecular complexity index is 2880. The second kappa shape index (κ2) is 106. The topological polar surface area (TPSA) is 329 Å². The number of hydrogen-bond donors (Lipinski definition) is 0. The lowest BCUT2D eigenvalue weighted by Gasteiger charge is -2.23. The predicted molar refractivity (Wildman–Crippen MR) is 607 cm³/mol. The number of thioether (sulfide) groups is 6. The van der Waals surface area contributed by atoms with Crippen molar-refractivity contribution in [3.63, 3.8) is 0 Å². The maximum absolute atomic E-state index is 13.2. The fourth-order valence-corrected chi connectivity index (χ4v) is 22.1. The van der Waals surface area contributed by atoms with E-state index in [0.29, 0.717) is 78.7 Å². The third kappa shape index (κ3) is 94.8. The van der Waals surface area contributed by atoms with Crippen LogP contribution in [0.1, 0.15) is 384 Å². The number of unbranched alkanes of at least 4 members (excludes halogenated alkanes) is 36. The van der Waals surface area contributed by atoms with E-state index in [1.54, 1.807) is 60.9 Å². The zero-order valence-electron chi connectivity index (χ0n) is 94.2. The molecule has 0 aromatic carbocycles. The van der Waals surface area contributed by atoms with Crippen LogP contribution < -0.4 is 0 Å². The van der Waals surface area contributed by atoms with Crippen molar-refractivity contribution in [2.24, 2.45) is 35.5 Å². The third-order valence-corrected chi connectivity index (χ3v) is 32.9. The molecule has 0 fully saturated rings. The molecule has 0 aliphatic heterocycles. The first-order valence-corrected chi connectivity index (χ1v) is 64.5. The molecular formula is C113H208N4O24S6. The van der Waals surface area contributed by atoms with Crippen LogP contribution in [0.25, 0.3) is 0 Å². The van der Waals surface area contributed by atoms with Gasteiger partial charge in [0.2, 0.25) is 0 Å². The lowest BCUT2D eigenvalue weighted by molar-refractivity contribution is -0.154. The first-order chi connectivity index (χ1) is 71.3. The summed E-state index contributed by atoms with van der Waals surface area (Å²) in [5.41, 5.74) is 0. The van der Waals surface area contributed by atoms with Crippen LogP contribution in [0, 0.1) is 35.5 Å². The van der Waals surface area contributed by atoms with Gasteiger partial charge in [-0.1, -0.05) is 307 Å². The van der Waals surface area contributed by atoms with Crippen molar-refractivity contribution < 1.29 is 114 Å². The van der Waals surface area contributed by atoms with E-state index in [-0.39, 0.29) is 192 Å². The van der Waals surface area contributed by atoms with E-state index >= 15 is 0 Å². The Kier molecular flexibility index (Phi) is 103. The first kappa shape index (κ1) is 143. The van der Waals surface area contributed by atoms with E-state index in [0.717, 1.165) is 74.6 Å². The molecule has 0 aliphatic rings. The second-order valence-electron chi connectivity index (χ2n) is 39.6. The Hall–Kier alpha value is -4.42. The maximum Gasteiger partial charge on any atom is 0.309 e. The molecule has 0 bridgehead atoms. The van der Waals surface area contributed by atoms with Gasteiger partial charge in [-0.3, -0.25) is 57.5 Å². The summed E-state index contributed by atoms with van der Waals surface area (Å²) in [6, 6.07) is 0. The van der Waals surface area contributed by atoms with Crippen LogP contribution >= 0.6 is 70.6 Å². The molecule has 0 spiro atoms. The van der Waals surface area contributed by atoms with E-state index in [1.807, 2.05) is 49.4 Å². The molecule has 0 aliphatic carbocycles. The van der Waals surface area contributed by atoms with Crippen LogP contribution in [0.5, 0.6) is 0 Å². The minimum Gasteiger partial charge on any atom is -0.462 e. The van der Waals surface area contributed by atoms with Crippen LogP contribution in [-0.4, -0.2) is 319 Å². The highest BCUT2D eigenvalue weighted by Gasteiger charge is 2.25. The number of carbonyl (C=O) groups excluding carboxylic acids is 12. The van der Waals surface area contributed by atoms with E-state index in [1.165, 1.54) is 255 Å². The van der Waals surface area contributed by atoms with Crippen molar-refractivity contribution in [2.75, 3.05) is 227 Å². The second-order valence-corrected chi connectivity index (χ2v) is 46.5. The molecule has 0 radical (unpaired) electrons. The molecule has 0 heterocycles. The first-order valence-electron chi connectivity index (χ1n) is 57.6. The van der Waals surface area contributed by atoms with Crippen molar-refractivity contribution in [3.05, 3.63) is 0 Å². The summed E-state index contributed by atoms with van der Waals surface area (Å²) in [6.07, 6.45) is 52.9. The molecule has 6 atom stereocenters. The fourth-order valence-electron chi connectivity index (χ4n) is 15.8. The molecule has 147 heavy (non-hydrogen) atoms. The molecule has 0 amide bonds. The van der Waals surface area contributed by atoms with Gasteiger partial charge in [-0.15, -0.1) is 0 Å². The summed E-state index contributed by atoms with van der Waals surface area (Å²) in [5.74, 6) is 1.20. The van der Waals surface area contributed by atoms with Gasteiger partial charge in [-0.05, 0) is 88.2 Å². The molecule has 0 saturated carbocycles. The van der Waals surface area contributed by atoms with Crippen molar-refractivity contribution in [1.29, 1.82) is 0 Å². The van der Waals surface area contributed by atoms with Gasteiger partial charge in [-0.25, -0.2) is 0 Å². The number of nitrogens with zero attached hydrogens (tertiary/aromatic N) is 4. The summed E-state index contributed by atoms with van der Waals surface area (Å²) in [4.78, 5) is 164. The van der Waals surface area contributed by atoms with E-state index in [2.05, 4.69) is 39.5 Å². The maximum atomic E-state index is 13.2. The Balaban J connectivity index is 5.42. The lowest BCUT2D eigenvalue weighted by Crippen LogP contribution is -2.33. The normalized spacial score (nSPS) is 12.7. The summed E-state index contributed by atoms with van der Waals surface area (Å²) in [7, 11) is 2.05. The number of carbonyl (C=O) groups is 12. The average molecular weight is 2200 g/mol. The van der Waals surface area contributed by atoms with Gasteiger partial charge < -0.3 is 76.4 Å². The minimum absolute atomic E-state index is 0.00914. The summed E-state index contributed by atoms with van der Waals surface area (Å²) < 4.78 is 65.7. The van der Waals surface area contributed by atoms with Gasteiger partial charge >= 0.3 is 71.6 Å². The predicted octanol–water partition coefficient (Wildman–Crippen LogP) is 23.4. The lowest BCUT2D eigenvalue weighted by atomic mass is 10.1. The van der Waals surface area contributed by atoms with Crippen LogP contribution in [0.4, 0.5) is 0 Å². The number of hydrogen-bond acceptors (Lipinski definition) is 34. The zero-order valence-corrected chi connectivity index (χ0v) is 99.1. The number of rotatable bonds is 110. The smallest absolute Gasteiger partial charge is 0.309 e. The van der Waals surface area contributed by atoms with E-state index in [4.69, 9.17) is 56.8 Å². The molecule has 0 rings (SSSR count).